The van der Waals surface area contributed by atoms with E-state index in [0.717, 1.165) is 6.42 Å². The molecule has 0 spiro atoms. The first-order valence-electron chi connectivity index (χ1n) is 5.86. The predicted octanol–water partition coefficient (Wildman–Crippen LogP) is 0.495. The molecular weight excluding hydrogens is 242 g/mol. The smallest absolute Gasteiger partial charge is 0.307 e. The van der Waals surface area contributed by atoms with Crippen LogP contribution in [0.3, 0.4) is 0 Å². The second-order valence-corrected chi connectivity index (χ2v) is 6.88. The second kappa shape index (κ2) is 5.35. The molecule has 1 fully saturated rings. The van der Waals surface area contributed by atoms with Crippen molar-refractivity contribution >= 4 is 15.8 Å². The SMILES string of the molecule is CCNC1(CC(=O)OC)CCCC1S(C)(=O)=O. The second-order valence-electron chi connectivity index (χ2n) is 4.65. The summed E-state index contributed by atoms with van der Waals surface area (Å²) in [4.78, 5) is 11.5. The van der Waals surface area contributed by atoms with Crippen LogP contribution in [0.4, 0.5) is 0 Å². The summed E-state index contributed by atoms with van der Waals surface area (Å²) >= 11 is 0. The fourth-order valence-corrected chi connectivity index (χ4v) is 4.51. The maximum Gasteiger partial charge on any atom is 0.307 e. The Hall–Kier alpha value is -0.620. The van der Waals surface area contributed by atoms with Crippen molar-refractivity contribution in [3.8, 4) is 0 Å². The third-order valence-corrected chi connectivity index (χ3v) is 5.16. The normalized spacial score (nSPS) is 29.2. The van der Waals surface area contributed by atoms with Gasteiger partial charge in [-0.2, -0.15) is 0 Å². The van der Waals surface area contributed by atoms with Crippen molar-refractivity contribution in [1.82, 2.24) is 5.32 Å². The van der Waals surface area contributed by atoms with E-state index in [1.807, 2.05) is 6.92 Å². The Morgan fingerprint density at radius 3 is 2.65 bits per heavy atom. The van der Waals surface area contributed by atoms with E-state index in [9.17, 15) is 13.2 Å². The number of sulfone groups is 1. The predicted molar refractivity (Wildman–Crippen MR) is 65.5 cm³/mol. The minimum atomic E-state index is -3.16. The molecule has 0 aromatic rings. The van der Waals surface area contributed by atoms with E-state index in [-0.39, 0.29) is 12.4 Å². The molecule has 2 unspecified atom stereocenters. The largest absolute Gasteiger partial charge is 0.469 e. The first-order valence-corrected chi connectivity index (χ1v) is 7.82. The van der Waals surface area contributed by atoms with Gasteiger partial charge >= 0.3 is 5.97 Å². The van der Waals surface area contributed by atoms with Gasteiger partial charge in [-0.15, -0.1) is 0 Å². The molecule has 5 nitrogen and oxygen atoms in total. The van der Waals surface area contributed by atoms with Gasteiger partial charge in [0.1, 0.15) is 0 Å². The highest BCUT2D eigenvalue weighted by atomic mass is 32.2. The van der Waals surface area contributed by atoms with Crippen LogP contribution in [0.2, 0.25) is 0 Å². The van der Waals surface area contributed by atoms with Gasteiger partial charge in [-0.3, -0.25) is 4.79 Å². The lowest BCUT2D eigenvalue weighted by Gasteiger charge is -2.34. The summed E-state index contributed by atoms with van der Waals surface area (Å²) < 4.78 is 28.3. The van der Waals surface area contributed by atoms with Crippen LogP contribution >= 0.6 is 0 Å². The minimum Gasteiger partial charge on any atom is -0.469 e. The standard InChI is InChI=1S/C11H21NO4S/c1-4-12-11(8-10(13)16-2)7-5-6-9(11)17(3,14)15/h9,12H,4-8H2,1-3H3. The molecule has 0 bridgehead atoms. The molecule has 0 saturated heterocycles. The molecule has 1 rings (SSSR count). The molecular formula is C11H21NO4S. The van der Waals surface area contributed by atoms with Crippen LogP contribution in [0, 0.1) is 0 Å². The van der Waals surface area contributed by atoms with Crippen LogP contribution in [-0.2, 0) is 19.4 Å². The third-order valence-electron chi connectivity index (χ3n) is 3.44. The lowest BCUT2D eigenvalue weighted by atomic mass is 9.92. The van der Waals surface area contributed by atoms with Crippen molar-refractivity contribution in [3.05, 3.63) is 0 Å². The Bertz CT molecular complexity index is 379. The van der Waals surface area contributed by atoms with Crippen LogP contribution in [-0.4, -0.2) is 45.1 Å². The van der Waals surface area contributed by atoms with Gasteiger partial charge in [0.05, 0.1) is 18.8 Å². The summed E-state index contributed by atoms with van der Waals surface area (Å²) in [6, 6.07) is 0. The third kappa shape index (κ3) is 3.19. The number of hydrogen-bond acceptors (Lipinski definition) is 5. The van der Waals surface area contributed by atoms with E-state index in [4.69, 9.17) is 0 Å². The number of nitrogens with one attached hydrogen (secondary N) is 1. The molecule has 0 aromatic heterocycles. The summed E-state index contributed by atoms with van der Waals surface area (Å²) in [5, 5.41) is 2.71. The molecule has 0 amide bonds. The summed E-state index contributed by atoms with van der Waals surface area (Å²) in [6.45, 7) is 2.56. The van der Waals surface area contributed by atoms with Crippen LogP contribution in [0.5, 0.6) is 0 Å². The molecule has 1 aliphatic carbocycles. The van der Waals surface area contributed by atoms with Crippen LogP contribution in [0.15, 0.2) is 0 Å². The minimum absolute atomic E-state index is 0.120. The number of rotatable bonds is 5. The van der Waals surface area contributed by atoms with Gasteiger partial charge in [0.25, 0.3) is 0 Å². The maximum atomic E-state index is 11.8. The van der Waals surface area contributed by atoms with E-state index < -0.39 is 20.6 Å². The molecule has 2 atom stereocenters. The van der Waals surface area contributed by atoms with Crippen molar-refractivity contribution in [2.45, 2.75) is 43.4 Å². The molecule has 1 saturated carbocycles. The van der Waals surface area contributed by atoms with Gasteiger partial charge in [0, 0.05) is 11.8 Å². The number of carbonyl (C=O) groups excluding carboxylic acids is 1. The fraction of sp³-hybridized carbons (Fsp3) is 0.909. The van der Waals surface area contributed by atoms with E-state index in [2.05, 4.69) is 10.1 Å². The Morgan fingerprint density at radius 2 is 2.18 bits per heavy atom. The number of hydrogen-bond donors (Lipinski definition) is 1. The zero-order valence-electron chi connectivity index (χ0n) is 10.7. The number of ether oxygens (including phenoxy) is 1. The highest BCUT2D eigenvalue weighted by Crippen LogP contribution is 2.37. The van der Waals surface area contributed by atoms with Gasteiger partial charge in [0.15, 0.2) is 9.84 Å². The molecule has 0 heterocycles. The van der Waals surface area contributed by atoms with Gasteiger partial charge in [-0.1, -0.05) is 13.3 Å². The van der Waals surface area contributed by atoms with Crippen molar-refractivity contribution in [2.75, 3.05) is 19.9 Å². The molecule has 17 heavy (non-hydrogen) atoms. The average Bonchev–Trinajstić information content (AvgIpc) is 2.61. The van der Waals surface area contributed by atoms with Crippen molar-refractivity contribution in [3.63, 3.8) is 0 Å². The van der Waals surface area contributed by atoms with Gasteiger partial charge < -0.3 is 10.1 Å². The summed E-state index contributed by atoms with van der Waals surface area (Å²) in [7, 11) is -1.83. The zero-order valence-corrected chi connectivity index (χ0v) is 11.5. The molecule has 6 heteroatoms. The van der Waals surface area contributed by atoms with E-state index in [0.29, 0.717) is 19.4 Å². The zero-order chi connectivity index (χ0) is 13.1. The number of methoxy groups -OCH3 is 1. The van der Waals surface area contributed by atoms with E-state index >= 15 is 0 Å². The van der Waals surface area contributed by atoms with Gasteiger partial charge in [-0.25, -0.2) is 8.42 Å². The van der Waals surface area contributed by atoms with Crippen molar-refractivity contribution in [1.29, 1.82) is 0 Å². The summed E-state index contributed by atoms with van der Waals surface area (Å²) in [5.41, 5.74) is -0.643. The van der Waals surface area contributed by atoms with Crippen molar-refractivity contribution < 1.29 is 17.9 Å². The molecule has 1 N–H and O–H groups in total. The molecule has 100 valence electrons. The summed E-state index contributed by atoms with van der Waals surface area (Å²) in [5.74, 6) is -0.360. The quantitative estimate of drug-likeness (QED) is 0.731. The van der Waals surface area contributed by atoms with E-state index in [1.54, 1.807) is 0 Å². The molecule has 1 aliphatic rings. The van der Waals surface area contributed by atoms with Gasteiger partial charge in [-0.05, 0) is 19.4 Å². The highest BCUT2D eigenvalue weighted by Gasteiger charge is 2.48. The Labute approximate surface area is 103 Å². The molecule has 0 aliphatic heterocycles. The van der Waals surface area contributed by atoms with E-state index in [1.165, 1.54) is 13.4 Å². The molecule has 0 aromatic carbocycles. The highest BCUT2D eigenvalue weighted by molar-refractivity contribution is 7.91. The van der Waals surface area contributed by atoms with Gasteiger partial charge in [0.2, 0.25) is 0 Å². The van der Waals surface area contributed by atoms with Crippen molar-refractivity contribution in [2.24, 2.45) is 0 Å². The topological polar surface area (TPSA) is 72.5 Å². The van der Waals surface area contributed by atoms with Crippen LogP contribution in [0.25, 0.3) is 0 Å². The first-order chi connectivity index (χ1) is 7.85. The number of esters is 1. The lowest BCUT2D eigenvalue weighted by molar-refractivity contribution is -0.142. The Morgan fingerprint density at radius 1 is 1.53 bits per heavy atom. The molecule has 0 radical (unpaired) electrons. The monoisotopic (exact) mass is 263 g/mol. The lowest BCUT2D eigenvalue weighted by Crippen LogP contribution is -2.55. The van der Waals surface area contributed by atoms with Crippen LogP contribution < -0.4 is 5.32 Å². The number of carbonyl (C=O) groups is 1. The fourth-order valence-electron chi connectivity index (χ4n) is 2.81. The first kappa shape index (κ1) is 14.4. The Balaban J connectivity index is 3.00. The maximum absolute atomic E-state index is 11.8. The summed E-state index contributed by atoms with van der Waals surface area (Å²) in [6.07, 6.45) is 3.50. The average molecular weight is 263 g/mol. The van der Waals surface area contributed by atoms with Crippen LogP contribution in [0.1, 0.15) is 32.6 Å². The Kier molecular flexibility index (Phi) is 4.55.